The van der Waals surface area contributed by atoms with E-state index >= 15 is 0 Å². The van der Waals surface area contributed by atoms with Crippen molar-refractivity contribution in [2.45, 2.75) is 27.7 Å². The molecule has 0 aromatic carbocycles. The third-order valence-corrected chi connectivity index (χ3v) is 2.29. The van der Waals surface area contributed by atoms with Crippen molar-refractivity contribution in [2.75, 3.05) is 0 Å². The molecule has 0 spiro atoms. The van der Waals surface area contributed by atoms with E-state index in [0.29, 0.717) is 11.3 Å². The molecule has 0 aliphatic rings. The van der Waals surface area contributed by atoms with Crippen molar-refractivity contribution in [3.8, 4) is 0 Å². The lowest BCUT2D eigenvalue weighted by atomic mass is 10.1. The predicted molar refractivity (Wildman–Crippen MR) is 53.9 cm³/mol. The molecule has 0 unspecified atom stereocenters. The fourth-order valence-corrected chi connectivity index (χ4v) is 1.25. The van der Waals surface area contributed by atoms with Crippen molar-refractivity contribution in [3.63, 3.8) is 0 Å². The van der Waals surface area contributed by atoms with Gasteiger partial charge >= 0.3 is 5.63 Å². The van der Waals surface area contributed by atoms with Crippen molar-refractivity contribution in [1.82, 2.24) is 0 Å². The molecule has 1 aromatic rings. The molecule has 13 heavy (non-hydrogen) atoms. The van der Waals surface area contributed by atoms with Crippen LogP contribution in [0.15, 0.2) is 15.3 Å². The van der Waals surface area contributed by atoms with Crippen LogP contribution in [0.1, 0.15) is 29.4 Å². The Morgan fingerprint density at radius 3 is 2.31 bits per heavy atom. The molecule has 70 valence electrons. The minimum absolute atomic E-state index is 0.251. The average molecular weight is 178 g/mol. The summed E-state index contributed by atoms with van der Waals surface area (Å²) in [5.41, 5.74) is 2.46. The molecule has 2 heteroatoms. The van der Waals surface area contributed by atoms with Gasteiger partial charge in [-0.2, -0.15) is 0 Å². The maximum absolute atomic E-state index is 11.4. The second-order valence-corrected chi connectivity index (χ2v) is 3.11. The largest absolute Gasteiger partial charge is 0.427 e. The van der Waals surface area contributed by atoms with Gasteiger partial charge in [-0.15, -0.1) is 0 Å². The zero-order chi connectivity index (χ0) is 10.0. The molecular formula is C11H14O2. The highest BCUT2D eigenvalue weighted by atomic mass is 16.4. The minimum Gasteiger partial charge on any atom is -0.427 e. The molecule has 0 amide bonds. The Labute approximate surface area is 77.9 Å². The van der Waals surface area contributed by atoms with Gasteiger partial charge in [0.25, 0.3) is 0 Å². The summed E-state index contributed by atoms with van der Waals surface area (Å²) in [7, 11) is 0. The van der Waals surface area contributed by atoms with E-state index in [1.54, 1.807) is 6.08 Å². The highest BCUT2D eigenvalue weighted by Gasteiger charge is 2.07. The van der Waals surface area contributed by atoms with Crippen LogP contribution in [0.2, 0.25) is 0 Å². The van der Waals surface area contributed by atoms with Crippen LogP contribution >= 0.6 is 0 Å². The Hall–Kier alpha value is -1.31. The smallest absolute Gasteiger partial charge is 0.343 e. The third-order valence-electron chi connectivity index (χ3n) is 2.29. The van der Waals surface area contributed by atoms with Crippen molar-refractivity contribution in [1.29, 1.82) is 0 Å². The van der Waals surface area contributed by atoms with Gasteiger partial charge in [-0.05, 0) is 38.8 Å². The van der Waals surface area contributed by atoms with Crippen molar-refractivity contribution >= 4 is 6.08 Å². The van der Waals surface area contributed by atoms with Gasteiger partial charge in [0, 0.05) is 0 Å². The van der Waals surface area contributed by atoms with E-state index in [1.807, 2.05) is 33.8 Å². The number of hydrogen-bond donors (Lipinski definition) is 0. The highest BCUT2D eigenvalue weighted by Crippen LogP contribution is 2.14. The van der Waals surface area contributed by atoms with Gasteiger partial charge in [0.2, 0.25) is 0 Å². The summed E-state index contributed by atoms with van der Waals surface area (Å²) in [5.74, 6) is 0.704. The number of aryl methyl sites for hydroxylation is 1. The van der Waals surface area contributed by atoms with E-state index < -0.39 is 0 Å². The fraction of sp³-hybridized carbons (Fsp3) is 0.364. The van der Waals surface area contributed by atoms with E-state index in [2.05, 4.69) is 0 Å². The Kier molecular flexibility index (Phi) is 2.71. The molecule has 0 N–H and O–H groups in total. The second-order valence-electron chi connectivity index (χ2n) is 3.11. The van der Waals surface area contributed by atoms with Crippen LogP contribution in [0.3, 0.4) is 0 Å². The topological polar surface area (TPSA) is 30.2 Å². The molecule has 0 saturated heterocycles. The maximum Gasteiger partial charge on any atom is 0.343 e. The average Bonchev–Trinajstić information content (AvgIpc) is 2.09. The monoisotopic (exact) mass is 178 g/mol. The summed E-state index contributed by atoms with van der Waals surface area (Å²) in [4.78, 5) is 11.4. The van der Waals surface area contributed by atoms with E-state index in [9.17, 15) is 4.79 Å². The van der Waals surface area contributed by atoms with Crippen LogP contribution in [0, 0.1) is 20.8 Å². The summed E-state index contributed by atoms with van der Waals surface area (Å²) < 4.78 is 5.07. The van der Waals surface area contributed by atoms with Gasteiger partial charge in [0.15, 0.2) is 0 Å². The minimum atomic E-state index is -0.251. The van der Waals surface area contributed by atoms with Crippen molar-refractivity contribution in [2.24, 2.45) is 0 Å². The van der Waals surface area contributed by atoms with Gasteiger partial charge < -0.3 is 4.42 Å². The summed E-state index contributed by atoms with van der Waals surface area (Å²) in [6, 6.07) is 0. The summed E-state index contributed by atoms with van der Waals surface area (Å²) in [5, 5.41) is 0. The number of rotatable bonds is 1. The van der Waals surface area contributed by atoms with E-state index in [0.717, 1.165) is 11.1 Å². The number of hydrogen-bond acceptors (Lipinski definition) is 2. The zero-order valence-corrected chi connectivity index (χ0v) is 8.47. The Morgan fingerprint density at radius 1 is 1.15 bits per heavy atom. The predicted octanol–water partition coefficient (Wildman–Crippen LogP) is 2.60. The lowest BCUT2D eigenvalue weighted by molar-refractivity contribution is 0.472. The van der Waals surface area contributed by atoms with Crippen LogP contribution in [0.4, 0.5) is 0 Å². The summed E-state index contributed by atoms with van der Waals surface area (Å²) in [6.07, 6.45) is 3.63. The van der Waals surface area contributed by atoms with Crippen molar-refractivity contribution in [3.05, 3.63) is 38.9 Å². The molecule has 0 fully saturated rings. The third kappa shape index (κ3) is 1.72. The normalized spacial score (nSPS) is 11.1. The SMILES string of the molecule is C/C=C\c1c(C)c(C)c(C)oc1=O. The van der Waals surface area contributed by atoms with Crippen LogP contribution < -0.4 is 5.63 Å². The van der Waals surface area contributed by atoms with E-state index in [4.69, 9.17) is 4.42 Å². The molecule has 1 heterocycles. The molecule has 0 aliphatic carbocycles. The molecule has 1 aromatic heterocycles. The molecule has 0 saturated carbocycles. The first-order chi connectivity index (χ1) is 6.07. The fourth-order valence-electron chi connectivity index (χ4n) is 1.25. The molecule has 2 nitrogen and oxygen atoms in total. The molecular weight excluding hydrogens is 164 g/mol. The molecule has 0 atom stereocenters. The highest BCUT2D eigenvalue weighted by molar-refractivity contribution is 5.53. The number of allylic oxidation sites excluding steroid dienone is 1. The standard InChI is InChI=1S/C11H14O2/c1-5-6-10-8(3)7(2)9(4)13-11(10)12/h5-6H,1-4H3/b6-5-. The van der Waals surface area contributed by atoms with Gasteiger partial charge in [0.05, 0.1) is 5.56 Å². The lowest BCUT2D eigenvalue weighted by Gasteiger charge is -2.05. The Morgan fingerprint density at radius 2 is 1.77 bits per heavy atom. The van der Waals surface area contributed by atoms with Crippen LogP contribution in [0.5, 0.6) is 0 Å². The molecule has 0 radical (unpaired) electrons. The first kappa shape index (κ1) is 9.78. The van der Waals surface area contributed by atoms with Gasteiger partial charge in [-0.1, -0.05) is 12.2 Å². The quantitative estimate of drug-likeness (QED) is 0.661. The van der Waals surface area contributed by atoms with Crippen LogP contribution in [0.25, 0.3) is 6.08 Å². The van der Waals surface area contributed by atoms with E-state index in [-0.39, 0.29) is 5.63 Å². The van der Waals surface area contributed by atoms with Gasteiger partial charge in [-0.25, -0.2) is 4.79 Å². The Balaban J connectivity index is 3.53. The van der Waals surface area contributed by atoms with Gasteiger partial charge in [0.1, 0.15) is 5.76 Å². The van der Waals surface area contributed by atoms with Crippen LogP contribution in [-0.2, 0) is 0 Å². The van der Waals surface area contributed by atoms with E-state index in [1.165, 1.54) is 0 Å². The van der Waals surface area contributed by atoms with Crippen LogP contribution in [-0.4, -0.2) is 0 Å². The molecule has 0 bridgehead atoms. The summed E-state index contributed by atoms with van der Waals surface area (Å²) in [6.45, 7) is 7.59. The summed E-state index contributed by atoms with van der Waals surface area (Å²) >= 11 is 0. The first-order valence-electron chi connectivity index (χ1n) is 4.31. The lowest BCUT2D eigenvalue weighted by Crippen LogP contribution is -2.08. The zero-order valence-electron chi connectivity index (χ0n) is 8.47. The van der Waals surface area contributed by atoms with Gasteiger partial charge in [-0.3, -0.25) is 0 Å². The second kappa shape index (κ2) is 3.60. The Bertz CT molecular complexity index is 397. The molecule has 0 aliphatic heterocycles. The maximum atomic E-state index is 11.4. The van der Waals surface area contributed by atoms with Crippen molar-refractivity contribution < 1.29 is 4.42 Å². The molecule has 1 rings (SSSR count). The first-order valence-corrected chi connectivity index (χ1v) is 4.31.